The zero-order valence-electron chi connectivity index (χ0n) is 14.8. The Labute approximate surface area is 139 Å². The van der Waals surface area contributed by atoms with E-state index in [0.29, 0.717) is 12.1 Å². The highest BCUT2D eigenvalue weighted by Gasteiger charge is 2.51. The SMILES string of the molecule is CCO[C@@H]1CC[C@H]2N(C)CC[C@@]2(c2ccc(OC)c(OC)c2)C1. The zero-order valence-corrected chi connectivity index (χ0v) is 14.8. The molecule has 1 saturated carbocycles. The van der Waals surface area contributed by atoms with Crippen LogP contribution in [0.4, 0.5) is 0 Å². The van der Waals surface area contributed by atoms with Crippen LogP contribution in [-0.4, -0.2) is 51.5 Å². The van der Waals surface area contributed by atoms with Crippen LogP contribution < -0.4 is 9.47 Å². The van der Waals surface area contributed by atoms with Gasteiger partial charge in [0.1, 0.15) is 0 Å². The molecule has 0 unspecified atom stereocenters. The fourth-order valence-corrected chi connectivity index (χ4v) is 4.69. The highest BCUT2D eigenvalue weighted by molar-refractivity contribution is 5.46. The topological polar surface area (TPSA) is 30.9 Å². The van der Waals surface area contributed by atoms with E-state index in [1.807, 2.05) is 6.07 Å². The van der Waals surface area contributed by atoms with Crippen molar-refractivity contribution < 1.29 is 14.2 Å². The zero-order chi connectivity index (χ0) is 16.4. The molecule has 0 N–H and O–H groups in total. The third-order valence-corrected chi connectivity index (χ3v) is 5.80. The summed E-state index contributed by atoms with van der Waals surface area (Å²) in [6, 6.07) is 7.04. The van der Waals surface area contributed by atoms with E-state index in [1.54, 1.807) is 14.2 Å². The van der Waals surface area contributed by atoms with Crippen molar-refractivity contribution >= 4 is 0 Å². The van der Waals surface area contributed by atoms with Gasteiger partial charge in [0.05, 0.1) is 20.3 Å². The van der Waals surface area contributed by atoms with Gasteiger partial charge in [0, 0.05) is 18.1 Å². The van der Waals surface area contributed by atoms with E-state index >= 15 is 0 Å². The number of fused-ring (bicyclic) bond motifs is 1. The van der Waals surface area contributed by atoms with Crippen molar-refractivity contribution in [2.45, 2.75) is 50.2 Å². The van der Waals surface area contributed by atoms with Crippen LogP contribution in [0.15, 0.2) is 18.2 Å². The summed E-state index contributed by atoms with van der Waals surface area (Å²) in [6.45, 7) is 4.04. The van der Waals surface area contributed by atoms with Gasteiger partial charge in [0.2, 0.25) is 0 Å². The van der Waals surface area contributed by atoms with Gasteiger partial charge in [-0.05, 0) is 63.9 Å². The van der Waals surface area contributed by atoms with Gasteiger partial charge in [0.15, 0.2) is 11.5 Å². The van der Waals surface area contributed by atoms with Crippen molar-refractivity contribution in [1.82, 2.24) is 4.90 Å². The third-order valence-electron chi connectivity index (χ3n) is 5.80. The molecule has 23 heavy (non-hydrogen) atoms. The van der Waals surface area contributed by atoms with Crippen LogP contribution in [0.5, 0.6) is 11.5 Å². The molecule has 0 aromatic heterocycles. The van der Waals surface area contributed by atoms with Gasteiger partial charge in [-0.2, -0.15) is 0 Å². The average molecular weight is 319 g/mol. The van der Waals surface area contributed by atoms with E-state index in [-0.39, 0.29) is 5.41 Å². The quantitative estimate of drug-likeness (QED) is 0.834. The highest BCUT2D eigenvalue weighted by atomic mass is 16.5. The number of rotatable bonds is 5. The second-order valence-electron chi connectivity index (χ2n) is 6.83. The van der Waals surface area contributed by atoms with E-state index in [0.717, 1.165) is 37.5 Å². The molecule has 1 aliphatic carbocycles. The minimum atomic E-state index is 0.173. The van der Waals surface area contributed by atoms with Crippen LogP contribution in [-0.2, 0) is 10.2 Å². The van der Waals surface area contributed by atoms with Crippen LogP contribution >= 0.6 is 0 Å². The Hall–Kier alpha value is -1.26. The average Bonchev–Trinajstić information content (AvgIpc) is 2.92. The number of likely N-dealkylation sites (N-methyl/N-ethyl adjacent to an activating group) is 1. The Balaban J connectivity index is 1.98. The maximum absolute atomic E-state index is 6.00. The lowest BCUT2D eigenvalue weighted by Gasteiger charge is -2.44. The minimum absolute atomic E-state index is 0.173. The van der Waals surface area contributed by atoms with Crippen LogP contribution in [0.2, 0.25) is 0 Å². The van der Waals surface area contributed by atoms with E-state index in [4.69, 9.17) is 14.2 Å². The summed E-state index contributed by atoms with van der Waals surface area (Å²) in [4.78, 5) is 2.53. The number of hydrogen-bond donors (Lipinski definition) is 0. The van der Waals surface area contributed by atoms with Gasteiger partial charge in [-0.1, -0.05) is 6.07 Å². The molecule has 1 aliphatic heterocycles. The summed E-state index contributed by atoms with van der Waals surface area (Å²) in [5, 5.41) is 0. The van der Waals surface area contributed by atoms with Crippen molar-refractivity contribution in [2.75, 3.05) is 34.4 Å². The van der Waals surface area contributed by atoms with Crippen molar-refractivity contribution in [2.24, 2.45) is 0 Å². The first kappa shape index (κ1) is 16.6. The maximum Gasteiger partial charge on any atom is 0.161 e. The first-order valence-corrected chi connectivity index (χ1v) is 8.69. The highest BCUT2D eigenvalue weighted by Crippen LogP contribution is 2.50. The van der Waals surface area contributed by atoms with Crippen molar-refractivity contribution in [1.29, 1.82) is 0 Å². The molecule has 2 fully saturated rings. The smallest absolute Gasteiger partial charge is 0.161 e. The first-order chi connectivity index (χ1) is 11.1. The Morgan fingerprint density at radius 1 is 1.17 bits per heavy atom. The lowest BCUT2D eigenvalue weighted by atomic mass is 9.65. The molecule has 0 bridgehead atoms. The monoisotopic (exact) mass is 319 g/mol. The summed E-state index contributed by atoms with van der Waals surface area (Å²) in [5.41, 5.74) is 1.54. The van der Waals surface area contributed by atoms with E-state index < -0.39 is 0 Å². The lowest BCUT2D eigenvalue weighted by Crippen LogP contribution is -2.48. The molecule has 1 heterocycles. The van der Waals surface area contributed by atoms with Gasteiger partial charge >= 0.3 is 0 Å². The fraction of sp³-hybridized carbons (Fsp3) is 0.684. The number of methoxy groups -OCH3 is 2. The molecule has 0 spiro atoms. The van der Waals surface area contributed by atoms with Gasteiger partial charge < -0.3 is 19.1 Å². The van der Waals surface area contributed by atoms with Gasteiger partial charge in [-0.15, -0.1) is 0 Å². The van der Waals surface area contributed by atoms with E-state index in [2.05, 4.69) is 31.0 Å². The van der Waals surface area contributed by atoms with Crippen molar-refractivity contribution in [3.05, 3.63) is 23.8 Å². The second kappa shape index (κ2) is 6.70. The minimum Gasteiger partial charge on any atom is -0.493 e. The summed E-state index contributed by atoms with van der Waals surface area (Å²) in [7, 11) is 5.66. The fourth-order valence-electron chi connectivity index (χ4n) is 4.69. The summed E-state index contributed by atoms with van der Waals surface area (Å²) in [5.74, 6) is 1.62. The molecule has 3 atom stereocenters. The van der Waals surface area contributed by atoms with Crippen molar-refractivity contribution in [3.8, 4) is 11.5 Å². The molecule has 4 nitrogen and oxygen atoms in total. The largest absolute Gasteiger partial charge is 0.493 e. The van der Waals surface area contributed by atoms with Gasteiger partial charge in [-0.25, -0.2) is 0 Å². The molecule has 4 heteroatoms. The van der Waals surface area contributed by atoms with Gasteiger partial charge in [0.25, 0.3) is 0 Å². The molecule has 1 aromatic carbocycles. The molecular formula is C19H29NO3. The standard InChI is InChI=1S/C19H29NO3/c1-5-23-15-7-9-18-19(13-15,10-11-20(18)2)14-6-8-16(21-3)17(12-14)22-4/h6,8,12,15,18H,5,7,9-11,13H2,1-4H3/t15-,18-,19+/m1/s1. The van der Waals surface area contributed by atoms with Crippen LogP contribution in [0, 0.1) is 0 Å². The van der Waals surface area contributed by atoms with E-state index in [9.17, 15) is 0 Å². The summed E-state index contributed by atoms with van der Waals surface area (Å²) in [6.07, 6.45) is 5.03. The lowest BCUT2D eigenvalue weighted by molar-refractivity contribution is -0.00221. The number of ether oxygens (including phenoxy) is 3. The summed E-state index contributed by atoms with van der Waals surface area (Å²) < 4.78 is 17.0. The first-order valence-electron chi connectivity index (χ1n) is 8.69. The Morgan fingerprint density at radius 2 is 1.96 bits per heavy atom. The molecule has 1 saturated heterocycles. The number of nitrogens with zero attached hydrogens (tertiary/aromatic N) is 1. The molecular weight excluding hydrogens is 290 g/mol. The summed E-state index contributed by atoms with van der Waals surface area (Å²) >= 11 is 0. The second-order valence-corrected chi connectivity index (χ2v) is 6.83. The van der Waals surface area contributed by atoms with E-state index in [1.165, 1.54) is 18.4 Å². The van der Waals surface area contributed by atoms with Crippen molar-refractivity contribution in [3.63, 3.8) is 0 Å². The Kier molecular flexibility index (Phi) is 4.83. The van der Waals surface area contributed by atoms with Crippen LogP contribution in [0.25, 0.3) is 0 Å². The molecule has 1 aromatic rings. The Morgan fingerprint density at radius 3 is 2.65 bits per heavy atom. The molecule has 0 radical (unpaired) electrons. The molecule has 3 rings (SSSR count). The third kappa shape index (κ3) is 2.83. The molecule has 0 amide bonds. The predicted molar refractivity (Wildman–Crippen MR) is 91.5 cm³/mol. The molecule has 2 aliphatic rings. The van der Waals surface area contributed by atoms with Gasteiger partial charge in [-0.3, -0.25) is 0 Å². The van der Waals surface area contributed by atoms with Crippen LogP contribution in [0.1, 0.15) is 38.2 Å². The molecule has 128 valence electrons. The maximum atomic E-state index is 6.00. The van der Waals surface area contributed by atoms with Crippen LogP contribution in [0.3, 0.4) is 0 Å². The number of likely N-dealkylation sites (tertiary alicyclic amines) is 1. The normalized spacial score (nSPS) is 31.0. The number of benzene rings is 1. The number of hydrogen-bond acceptors (Lipinski definition) is 4. The Bertz CT molecular complexity index is 547. The predicted octanol–water partition coefficient (Wildman–Crippen LogP) is 3.23.